The normalized spacial score (nSPS) is 15.0. The number of amides is 1. The van der Waals surface area contributed by atoms with Crippen LogP contribution < -0.4 is 9.47 Å². The Bertz CT molecular complexity index is 906. The van der Waals surface area contributed by atoms with Gasteiger partial charge in [-0.15, -0.1) is 0 Å². The average molecular weight is 412 g/mol. The molecule has 0 saturated heterocycles. The third kappa shape index (κ3) is 5.08. The van der Waals surface area contributed by atoms with Crippen LogP contribution in [-0.4, -0.2) is 56.5 Å². The summed E-state index contributed by atoms with van der Waals surface area (Å²) in [5, 5.41) is 4.06. The molecule has 2 aromatic rings. The molecule has 0 N–H and O–H groups in total. The van der Waals surface area contributed by atoms with Gasteiger partial charge in [0.2, 0.25) is 6.10 Å². The third-order valence-corrected chi connectivity index (χ3v) is 4.70. The fraction of sp³-hybridized carbons (Fsp3) is 0.318. The highest BCUT2D eigenvalue weighted by Gasteiger charge is 2.33. The molecule has 2 aromatic carbocycles. The van der Waals surface area contributed by atoms with E-state index in [4.69, 9.17) is 19.0 Å². The highest BCUT2D eigenvalue weighted by molar-refractivity contribution is 6.04. The number of hydrogen-bond donors (Lipinski definition) is 0. The molecule has 3 rings (SSSR count). The van der Waals surface area contributed by atoms with Crippen LogP contribution in [0.15, 0.2) is 53.7 Å². The molecule has 0 aliphatic carbocycles. The molecule has 0 fully saturated rings. The van der Waals surface area contributed by atoms with Crippen molar-refractivity contribution in [2.24, 2.45) is 5.16 Å². The summed E-state index contributed by atoms with van der Waals surface area (Å²) in [5.74, 6) is 0.292. The molecule has 30 heavy (non-hydrogen) atoms. The number of benzene rings is 2. The van der Waals surface area contributed by atoms with Crippen molar-refractivity contribution in [2.45, 2.75) is 19.1 Å². The topological polar surface area (TPSA) is 86.7 Å². The first-order chi connectivity index (χ1) is 14.5. The molecule has 1 atom stereocenters. The summed E-state index contributed by atoms with van der Waals surface area (Å²) >= 11 is 0. The number of carbonyl (C=O) groups is 2. The molecule has 1 heterocycles. The lowest BCUT2D eigenvalue weighted by Gasteiger charge is -2.24. The zero-order valence-electron chi connectivity index (χ0n) is 17.2. The van der Waals surface area contributed by atoms with Gasteiger partial charge < -0.3 is 23.9 Å². The van der Waals surface area contributed by atoms with E-state index in [0.29, 0.717) is 23.6 Å². The number of hydrogen-bond acceptors (Lipinski definition) is 7. The average Bonchev–Trinajstić information content (AvgIpc) is 3.28. The Kier molecular flexibility index (Phi) is 6.90. The van der Waals surface area contributed by atoms with Crippen LogP contribution in [0, 0.1) is 0 Å². The quantitative estimate of drug-likeness (QED) is 0.619. The predicted octanol–water partition coefficient (Wildman–Crippen LogP) is 2.40. The molecule has 158 valence electrons. The highest BCUT2D eigenvalue weighted by Crippen LogP contribution is 2.25. The summed E-state index contributed by atoms with van der Waals surface area (Å²) in [6, 6.07) is 14.8. The van der Waals surface area contributed by atoms with E-state index in [1.165, 1.54) is 12.0 Å². The highest BCUT2D eigenvalue weighted by atomic mass is 16.6. The predicted molar refractivity (Wildman–Crippen MR) is 109 cm³/mol. The number of esters is 1. The van der Waals surface area contributed by atoms with Crippen LogP contribution in [-0.2, 0) is 25.7 Å². The maximum absolute atomic E-state index is 13.1. The molecule has 1 aliphatic rings. The second-order valence-corrected chi connectivity index (χ2v) is 6.69. The summed E-state index contributed by atoms with van der Waals surface area (Å²) < 4.78 is 15.3. The van der Waals surface area contributed by atoms with Crippen molar-refractivity contribution in [2.75, 3.05) is 27.9 Å². The molecule has 1 unspecified atom stereocenters. The van der Waals surface area contributed by atoms with E-state index in [9.17, 15) is 9.59 Å². The van der Waals surface area contributed by atoms with Crippen molar-refractivity contribution < 1.29 is 28.6 Å². The fourth-order valence-corrected chi connectivity index (χ4v) is 3.12. The summed E-state index contributed by atoms with van der Waals surface area (Å²) in [4.78, 5) is 31.9. The van der Waals surface area contributed by atoms with Gasteiger partial charge in [-0.2, -0.15) is 0 Å². The van der Waals surface area contributed by atoms with Gasteiger partial charge in [-0.3, -0.25) is 9.59 Å². The van der Waals surface area contributed by atoms with Gasteiger partial charge in [-0.05, 0) is 23.3 Å². The third-order valence-electron chi connectivity index (χ3n) is 4.70. The van der Waals surface area contributed by atoms with Crippen molar-refractivity contribution in [3.63, 3.8) is 0 Å². The van der Waals surface area contributed by atoms with Crippen molar-refractivity contribution in [1.82, 2.24) is 4.90 Å². The number of carbonyl (C=O) groups excluding carboxylic acids is 2. The van der Waals surface area contributed by atoms with E-state index < -0.39 is 12.1 Å². The zero-order chi connectivity index (χ0) is 21.5. The van der Waals surface area contributed by atoms with Crippen LogP contribution in [0.5, 0.6) is 11.5 Å². The van der Waals surface area contributed by atoms with Crippen LogP contribution in [0.2, 0.25) is 0 Å². The van der Waals surface area contributed by atoms with E-state index in [2.05, 4.69) is 5.16 Å². The fourth-order valence-electron chi connectivity index (χ4n) is 3.12. The first kappa shape index (κ1) is 21.2. The van der Waals surface area contributed by atoms with Gasteiger partial charge in [0.05, 0.1) is 27.0 Å². The molecular formula is C22H24N2O6. The minimum atomic E-state index is -0.808. The van der Waals surface area contributed by atoms with Gasteiger partial charge in [-0.25, -0.2) is 0 Å². The number of nitrogens with zero attached hydrogens (tertiary/aromatic N) is 2. The van der Waals surface area contributed by atoms with Crippen LogP contribution in [0.1, 0.15) is 17.5 Å². The SMILES string of the molecule is COC(=O)CN(Cc1cc(OC)cc(OC)c1)C(=O)C1CC(c2ccccc2)=NO1. The lowest BCUT2D eigenvalue weighted by Crippen LogP contribution is -2.42. The second-order valence-electron chi connectivity index (χ2n) is 6.69. The maximum atomic E-state index is 13.1. The maximum Gasteiger partial charge on any atom is 0.325 e. The van der Waals surface area contributed by atoms with E-state index in [1.54, 1.807) is 32.4 Å². The largest absolute Gasteiger partial charge is 0.497 e. The number of methoxy groups -OCH3 is 3. The van der Waals surface area contributed by atoms with E-state index in [1.807, 2.05) is 30.3 Å². The molecule has 0 radical (unpaired) electrons. The Morgan fingerprint density at radius 3 is 2.33 bits per heavy atom. The van der Waals surface area contributed by atoms with Gasteiger partial charge in [0.15, 0.2) is 0 Å². The van der Waals surface area contributed by atoms with Crippen molar-refractivity contribution in [1.29, 1.82) is 0 Å². The van der Waals surface area contributed by atoms with Crippen molar-refractivity contribution >= 4 is 17.6 Å². The van der Waals surface area contributed by atoms with Crippen molar-refractivity contribution in [3.05, 3.63) is 59.7 Å². The van der Waals surface area contributed by atoms with Crippen LogP contribution in [0.25, 0.3) is 0 Å². The van der Waals surface area contributed by atoms with Gasteiger partial charge in [0, 0.05) is 19.0 Å². The smallest absolute Gasteiger partial charge is 0.325 e. The lowest BCUT2D eigenvalue weighted by molar-refractivity contribution is -0.152. The first-order valence-electron chi connectivity index (χ1n) is 9.39. The van der Waals surface area contributed by atoms with E-state index in [-0.39, 0.29) is 19.0 Å². The van der Waals surface area contributed by atoms with E-state index >= 15 is 0 Å². The monoisotopic (exact) mass is 412 g/mol. The van der Waals surface area contributed by atoms with Crippen LogP contribution in [0.3, 0.4) is 0 Å². The standard InChI is InChI=1S/C22H24N2O6/c1-27-17-9-15(10-18(11-17)28-2)13-24(14-21(25)29-3)22(26)20-12-19(23-30-20)16-7-5-4-6-8-16/h4-11,20H,12-14H2,1-3H3. The summed E-state index contributed by atoms with van der Waals surface area (Å²) in [6.07, 6.45) is -0.487. The molecule has 0 aromatic heterocycles. The molecule has 0 spiro atoms. The van der Waals surface area contributed by atoms with Gasteiger partial charge in [0.25, 0.3) is 5.91 Å². The Balaban J connectivity index is 1.77. The van der Waals surface area contributed by atoms with Gasteiger partial charge >= 0.3 is 5.97 Å². The molecule has 1 amide bonds. The first-order valence-corrected chi connectivity index (χ1v) is 9.39. The molecule has 1 aliphatic heterocycles. The summed E-state index contributed by atoms with van der Waals surface area (Å²) in [5.41, 5.74) is 2.32. The summed E-state index contributed by atoms with van der Waals surface area (Å²) in [7, 11) is 4.37. The van der Waals surface area contributed by atoms with E-state index in [0.717, 1.165) is 11.1 Å². The van der Waals surface area contributed by atoms with Gasteiger partial charge in [-0.1, -0.05) is 35.5 Å². The Labute approximate surface area is 175 Å². The van der Waals surface area contributed by atoms with Crippen molar-refractivity contribution in [3.8, 4) is 11.5 Å². The molecule has 0 bridgehead atoms. The minimum Gasteiger partial charge on any atom is -0.497 e. The zero-order valence-corrected chi connectivity index (χ0v) is 17.2. The Morgan fingerprint density at radius 1 is 1.07 bits per heavy atom. The molecule has 8 nitrogen and oxygen atoms in total. The Hall–Kier alpha value is -3.55. The second kappa shape index (κ2) is 9.78. The van der Waals surface area contributed by atoms with Gasteiger partial charge in [0.1, 0.15) is 18.0 Å². The molecule has 8 heteroatoms. The van der Waals surface area contributed by atoms with Crippen LogP contribution >= 0.6 is 0 Å². The minimum absolute atomic E-state index is 0.155. The molecular weight excluding hydrogens is 388 g/mol. The number of oxime groups is 1. The summed E-state index contributed by atoms with van der Waals surface area (Å²) in [6.45, 7) is -0.0581. The number of rotatable bonds is 8. The Morgan fingerprint density at radius 2 is 1.73 bits per heavy atom. The lowest BCUT2D eigenvalue weighted by atomic mass is 10.0. The van der Waals surface area contributed by atoms with Crippen LogP contribution in [0.4, 0.5) is 0 Å². The number of ether oxygens (including phenoxy) is 3. The molecule has 0 saturated carbocycles.